The first-order valence-electron chi connectivity index (χ1n) is 10.1. The SMILES string of the molecule is CC.Cc1cc(N2CCC(F)CC2)c(C(=O)NC2CCCCC2)cc1N. The highest BCUT2D eigenvalue weighted by atomic mass is 19.1. The van der Waals surface area contributed by atoms with Gasteiger partial charge in [-0.25, -0.2) is 4.39 Å². The fourth-order valence-electron chi connectivity index (χ4n) is 3.75. The summed E-state index contributed by atoms with van der Waals surface area (Å²) in [4.78, 5) is 15.0. The molecule has 0 radical (unpaired) electrons. The van der Waals surface area contributed by atoms with Gasteiger partial charge in [0, 0.05) is 30.5 Å². The van der Waals surface area contributed by atoms with Gasteiger partial charge in [0.1, 0.15) is 6.17 Å². The molecule has 1 amide bonds. The van der Waals surface area contributed by atoms with Crippen molar-refractivity contribution in [1.29, 1.82) is 0 Å². The summed E-state index contributed by atoms with van der Waals surface area (Å²) in [7, 11) is 0. The van der Waals surface area contributed by atoms with Crippen molar-refractivity contribution in [2.75, 3.05) is 23.7 Å². The van der Waals surface area contributed by atoms with Gasteiger partial charge < -0.3 is 16.0 Å². The number of halogens is 1. The van der Waals surface area contributed by atoms with Gasteiger partial charge in [-0.1, -0.05) is 33.1 Å². The van der Waals surface area contributed by atoms with Crippen LogP contribution in [0.2, 0.25) is 0 Å². The van der Waals surface area contributed by atoms with E-state index in [9.17, 15) is 9.18 Å². The van der Waals surface area contributed by atoms with Crippen molar-refractivity contribution in [2.45, 2.75) is 77.9 Å². The van der Waals surface area contributed by atoms with Crippen LogP contribution in [0.5, 0.6) is 0 Å². The zero-order valence-corrected chi connectivity index (χ0v) is 16.5. The lowest BCUT2D eigenvalue weighted by Crippen LogP contribution is -2.39. The number of benzene rings is 1. The third-order valence-electron chi connectivity index (χ3n) is 5.33. The summed E-state index contributed by atoms with van der Waals surface area (Å²) in [6.45, 7) is 7.24. The van der Waals surface area contributed by atoms with Crippen molar-refractivity contribution in [3.63, 3.8) is 0 Å². The van der Waals surface area contributed by atoms with Crippen molar-refractivity contribution < 1.29 is 9.18 Å². The molecule has 0 atom stereocenters. The Kier molecular flexibility index (Phi) is 7.73. The van der Waals surface area contributed by atoms with E-state index in [2.05, 4.69) is 10.2 Å². The molecule has 26 heavy (non-hydrogen) atoms. The van der Waals surface area contributed by atoms with Gasteiger partial charge in [0.2, 0.25) is 0 Å². The van der Waals surface area contributed by atoms with Gasteiger partial charge in [0.15, 0.2) is 0 Å². The molecule has 1 aliphatic heterocycles. The molecule has 5 heteroatoms. The van der Waals surface area contributed by atoms with Crippen LogP contribution >= 0.6 is 0 Å². The molecule has 0 unspecified atom stereocenters. The maximum atomic E-state index is 13.5. The van der Waals surface area contributed by atoms with Gasteiger partial charge in [-0.3, -0.25) is 4.79 Å². The van der Waals surface area contributed by atoms with E-state index in [4.69, 9.17) is 5.73 Å². The highest BCUT2D eigenvalue weighted by molar-refractivity contribution is 6.01. The number of nitrogen functional groups attached to an aromatic ring is 1. The Morgan fingerprint density at radius 1 is 1.12 bits per heavy atom. The number of nitrogens with two attached hydrogens (primary N) is 1. The summed E-state index contributed by atoms with van der Waals surface area (Å²) in [5, 5.41) is 3.17. The van der Waals surface area contributed by atoms with Crippen molar-refractivity contribution in [1.82, 2.24) is 5.32 Å². The lowest BCUT2D eigenvalue weighted by Gasteiger charge is -2.33. The molecule has 1 aromatic rings. The smallest absolute Gasteiger partial charge is 0.253 e. The molecular weight excluding hydrogens is 329 g/mol. The van der Waals surface area contributed by atoms with E-state index in [1.54, 1.807) is 6.07 Å². The Hall–Kier alpha value is -1.78. The third-order valence-corrected chi connectivity index (χ3v) is 5.33. The maximum Gasteiger partial charge on any atom is 0.253 e. The minimum absolute atomic E-state index is 0.0500. The largest absolute Gasteiger partial charge is 0.398 e. The zero-order valence-electron chi connectivity index (χ0n) is 16.5. The Balaban J connectivity index is 0.00000117. The van der Waals surface area contributed by atoms with Crippen molar-refractivity contribution in [3.05, 3.63) is 23.3 Å². The van der Waals surface area contributed by atoms with E-state index in [1.165, 1.54) is 19.3 Å². The summed E-state index contributed by atoms with van der Waals surface area (Å²) in [6.07, 6.45) is 6.03. The first-order chi connectivity index (χ1) is 12.5. The van der Waals surface area contributed by atoms with Crippen molar-refractivity contribution in [2.24, 2.45) is 0 Å². The monoisotopic (exact) mass is 363 g/mol. The summed E-state index contributed by atoms with van der Waals surface area (Å²) >= 11 is 0. The van der Waals surface area contributed by atoms with Crippen LogP contribution in [0, 0.1) is 6.92 Å². The van der Waals surface area contributed by atoms with E-state index in [-0.39, 0.29) is 11.9 Å². The average molecular weight is 364 g/mol. The van der Waals surface area contributed by atoms with Gasteiger partial charge in [-0.15, -0.1) is 0 Å². The van der Waals surface area contributed by atoms with Crippen LogP contribution in [0.3, 0.4) is 0 Å². The molecule has 0 bridgehead atoms. The van der Waals surface area contributed by atoms with Crippen LogP contribution in [-0.2, 0) is 0 Å². The summed E-state index contributed by atoms with van der Waals surface area (Å²) in [5.41, 5.74) is 9.16. The quantitative estimate of drug-likeness (QED) is 0.771. The predicted molar refractivity (Wildman–Crippen MR) is 108 cm³/mol. The number of piperidine rings is 1. The number of carbonyl (C=O) groups is 1. The molecule has 4 nitrogen and oxygen atoms in total. The molecule has 1 heterocycles. The lowest BCUT2D eigenvalue weighted by atomic mass is 9.95. The highest BCUT2D eigenvalue weighted by Crippen LogP contribution is 2.30. The minimum atomic E-state index is -0.726. The molecule has 1 saturated carbocycles. The number of amides is 1. The normalized spacial score (nSPS) is 18.8. The predicted octanol–water partition coefficient (Wildman–Crippen LogP) is 4.60. The second-order valence-electron chi connectivity index (χ2n) is 7.20. The van der Waals surface area contributed by atoms with Crippen LogP contribution in [0.25, 0.3) is 0 Å². The number of hydrogen-bond acceptors (Lipinski definition) is 3. The Morgan fingerprint density at radius 2 is 1.73 bits per heavy atom. The zero-order chi connectivity index (χ0) is 19.1. The topological polar surface area (TPSA) is 58.4 Å². The van der Waals surface area contributed by atoms with E-state index in [0.717, 1.165) is 24.1 Å². The lowest BCUT2D eigenvalue weighted by molar-refractivity contribution is 0.0928. The van der Waals surface area contributed by atoms with Crippen molar-refractivity contribution >= 4 is 17.3 Å². The fraction of sp³-hybridized carbons (Fsp3) is 0.667. The average Bonchev–Trinajstić information content (AvgIpc) is 2.67. The van der Waals surface area contributed by atoms with Crippen LogP contribution in [0.4, 0.5) is 15.8 Å². The second kappa shape index (κ2) is 9.79. The molecule has 2 fully saturated rings. The van der Waals surface area contributed by atoms with Gasteiger partial charge >= 0.3 is 0 Å². The number of rotatable bonds is 3. The summed E-state index contributed by atoms with van der Waals surface area (Å²) in [5.74, 6) is -0.0500. The molecule has 1 saturated heterocycles. The molecule has 0 spiro atoms. The molecule has 2 aliphatic rings. The summed E-state index contributed by atoms with van der Waals surface area (Å²) < 4.78 is 13.5. The van der Waals surface area contributed by atoms with Gasteiger partial charge in [-0.05, 0) is 50.3 Å². The van der Waals surface area contributed by atoms with E-state index >= 15 is 0 Å². The molecular formula is C21H34FN3O. The molecule has 3 rings (SSSR count). The maximum absolute atomic E-state index is 13.5. The van der Waals surface area contributed by atoms with Crippen LogP contribution in [0.15, 0.2) is 12.1 Å². The summed E-state index contributed by atoms with van der Waals surface area (Å²) in [6, 6.07) is 4.02. The molecule has 1 aliphatic carbocycles. The standard InChI is InChI=1S/C19H28FN3O.C2H6/c1-13-11-18(23-9-7-14(20)8-10-23)16(12-17(13)21)19(24)22-15-5-3-2-4-6-15;1-2/h11-12,14-15H,2-10,21H2,1H3,(H,22,24);1-2H3. The molecule has 1 aromatic carbocycles. The van der Waals surface area contributed by atoms with Gasteiger partial charge in [0.25, 0.3) is 5.91 Å². The molecule has 0 aromatic heterocycles. The molecule has 3 N–H and O–H groups in total. The fourth-order valence-corrected chi connectivity index (χ4v) is 3.75. The minimum Gasteiger partial charge on any atom is -0.398 e. The number of carbonyl (C=O) groups excluding carboxylic acids is 1. The first kappa shape index (κ1) is 20.5. The number of aryl methyl sites for hydroxylation is 1. The molecule has 146 valence electrons. The number of hydrogen-bond donors (Lipinski definition) is 2. The van der Waals surface area contributed by atoms with Crippen molar-refractivity contribution in [3.8, 4) is 0 Å². The van der Waals surface area contributed by atoms with Crippen LogP contribution in [-0.4, -0.2) is 31.2 Å². The van der Waals surface area contributed by atoms with E-state index < -0.39 is 6.17 Å². The number of anilines is 2. The Labute approximate surface area is 157 Å². The second-order valence-corrected chi connectivity index (χ2v) is 7.20. The van der Waals surface area contributed by atoms with E-state index in [0.29, 0.717) is 37.2 Å². The Bertz CT molecular complexity index is 591. The number of nitrogens with zero attached hydrogens (tertiary/aromatic N) is 1. The van der Waals surface area contributed by atoms with E-state index in [1.807, 2.05) is 26.8 Å². The number of alkyl halides is 1. The number of nitrogens with one attached hydrogen (secondary N) is 1. The van der Waals surface area contributed by atoms with Gasteiger partial charge in [0.05, 0.1) is 5.56 Å². The highest BCUT2D eigenvalue weighted by Gasteiger charge is 2.25. The van der Waals surface area contributed by atoms with Gasteiger partial charge in [-0.2, -0.15) is 0 Å². The third kappa shape index (κ3) is 5.12. The van der Waals surface area contributed by atoms with Crippen LogP contribution < -0.4 is 16.0 Å². The van der Waals surface area contributed by atoms with Crippen LogP contribution in [0.1, 0.15) is 74.7 Å². The Morgan fingerprint density at radius 3 is 2.35 bits per heavy atom. The first-order valence-corrected chi connectivity index (χ1v) is 10.1.